The van der Waals surface area contributed by atoms with E-state index in [1.165, 1.54) is 11.8 Å². The number of furan rings is 1. The number of hydrogen-bond acceptors (Lipinski definition) is 10. The van der Waals surface area contributed by atoms with Crippen LogP contribution in [-0.2, 0) is 20.8 Å². The van der Waals surface area contributed by atoms with Crippen LogP contribution in [0.3, 0.4) is 0 Å². The van der Waals surface area contributed by atoms with Crippen molar-refractivity contribution in [2.24, 2.45) is 0 Å². The van der Waals surface area contributed by atoms with Gasteiger partial charge in [-0.3, -0.25) is 9.36 Å². The van der Waals surface area contributed by atoms with E-state index in [4.69, 9.17) is 13.9 Å². The fourth-order valence-electron chi connectivity index (χ4n) is 3.24. The first-order valence-electron chi connectivity index (χ1n) is 10.8. The van der Waals surface area contributed by atoms with Gasteiger partial charge in [0.05, 0.1) is 36.4 Å². The molecule has 0 spiro atoms. The third-order valence-electron chi connectivity index (χ3n) is 4.80. The number of rotatable bonds is 11. The van der Waals surface area contributed by atoms with Crippen molar-refractivity contribution in [2.75, 3.05) is 24.3 Å². The zero-order valence-corrected chi connectivity index (χ0v) is 21.5. The lowest BCUT2D eigenvalue weighted by molar-refractivity contribution is -0.113. The first-order chi connectivity index (χ1) is 16.8. The van der Waals surface area contributed by atoms with Crippen LogP contribution < -0.4 is 5.32 Å². The summed E-state index contributed by atoms with van der Waals surface area (Å²) in [6.07, 6.45) is 3.29. The molecule has 0 aliphatic heterocycles. The summed E-state index contributed by atoms with van der Waals surface area (Å²) in [5.74, 6) is -0.259. The van der Waals surface area contributed by atoms with E-state index in [-0.39, 0.29) is 40.3 Å². The van der Waals surface area contributed by atoms with Crippen molar-refractivity contribution >= 4 is 45.9 Å². The van der Waals surface area contributed by atoms with Gasteiger partial charge in [0.15, 0.2) is 11.0 Å². The molecule has 0 aliphatic rings. The molecule has 0 bridgehead atoms. The predicted molar refractivity (Wildman–Crippen MR) is 133 cm³/mol. The average Bonchev–Trinajstić information content (AvgIpc) is 3.50. The topological polar surface area (TPSA) is 126 Å². The fraction of sp³-hybridized carbons (Fsp3) is 0.348. The van der Waals surface area contributed by atoms with Gasteiger partial charge in [-0.05, 0) is 39.3 Å². The fourth-order valence-corrected chi connectivity index (χ4v) is 5.09. The zero-order valence-electron chi connectivity index (χ0n) is 19.9. The molecule has 0 aromatic carbocycles. The van der Waals surface area contributed by atoms with Crippen molar-refractivity contribution in [3.05, 3.63) is 46.7 Å². The molecule has 3 rings (SSSR count). The van der Waals surface area contributed by atoms with Crippen LogP contribution in [0.4, 0.5) is 5.00 Å². The molecule has 3 aromatic rings. The van der Waals surface area contributed by atoms with Crippen LogP contribution in [0.5, 0.6) is 0 Å². The Morgan fingerprint density at radius 1 is 1.20 bits per heavy atom. The third-order valence-corrected chi connectivity index (χ3v) is 6.95. The van der Waals surface area contributed by atoms with Gasteiger partial charge in [-0.1, -0.05) is 17.8 Å². The average molecular weight is 519 g/mol. The van der Waals surface area contributed by atoms with E-state index in [1.807, 2.05) is 11.5 Å². The van der Waals surface area contributed by atoms with Gasteiger partial charge in [-0.2, -0.15) is 0 Å². The molecule has 0 aliphatic carbocycles. The van der Waals surface area contributed by atoms with Gasteiger partial charge < -0.3 is 19.2 Å². The zero-order chi connectivity index (χ0) is 25.5. The molecule has 12 heteroatoms. The lowest BCUT2D eigenvalue weighted by Gasteiger charge is -2.08. The van der Waals surface area contributed by atoms with Crippen molar-refractivity contribution in [2.45, 2.75) is 39.4 Å². The number of ether oxygens (including phenoxy) is 2. The highest BCUT2D eigenvalue weighted by Gasteiger charge is 2.27. The number of aryl methyl sites for hydroxylation is 1. The monoisotopic (exact) mass is 518 g/mol. The number of anilines is 1. The van der Waals surface area contributed by atoms with Crippen molar-refractivity contribution in [1.29, 1.82) is 0 Å². The van der Waals surface area contributed by atoms with Crippen molar-refractivity contribution in [3.63, 3.8) is 0 Å². The highest BCUT2D eigenvalue weighted by atomic mass is 32.2. The minimum Gasteiger partial charge on any atom is -0.469 e. The highest BCUT2D eigenvalue weighted by molar-refractivity contribution is 7.99. The van der Waals surface area contributed by atoms with Gasteiger partial charge in [0, 0.05) is 6.54 Å². The van der Waals surface area contributed by atoms with Crippen LogP contribution in [0.1, 0.15) is 45.2 Å². The summed E-state index contributed by atoms with van der Waals surface area (Å²) in [5.41, 5.74) is 1.35. The Morgan fingerprint density at radius 2 is 1.91 bits per heavy atom. The number of nitrogens with zero attached hydrogens (tertiary/aromatic N) is 3. The van der Waals surface area contributed by atoms with E-state index >= 15 is 0 Å². The number of aromatic nitrogens is 3. The highest BCUT2D eigenvalue weighted by Crippen LogP contribution is 2.35. The summed E-state index contributed by atoms with van der Waals surface area (Å²) >= 11 is 2.16. The lowest BCUT2D eigenvalue weighted by atomic mass is 10.1. The number of carbonyl (C=O) groups excluding carboxylic acids is 3. The lowest BCUT2D eigenvalue weighted by Crippen LogP contribution is -2.17. The molecule has 0 fully saturated rings. The first kappa shape index (κ1) is 26.2. The van der Waals surface area contributed by atoms with Crippen molar-refractivity contribution < 1.29 is 28.3 Å². The molecule has 10 nitrogen and oxygen atoms in total. The largest absolute Gasteiger partial charge is 0.469 e. The van der Waals surface area contributed by atoms with E-state index in [9.17, 15) is 14.4 Å². The van der Waals surface area contributed by atoms with E-state index in [2.05, 4.69) is 22.1 Å². The van der Waals surface area contributed by atoms with E-state index in [0.717, 1.165) is 16.9 Å². The van der Waals surface area contributed by atoms with Crippen LogP contribution in [0.15, 0.2) is 34.6 Å². The van der Waals surface area contributed by atoms with Crippen molar-refractivity contribution in [3.8, 4) is 11.4 Å². The minimum absolute atomic E-state index is 0.00635. The van der Waals surface area contributed by atoms with E-state index in [1.54, 1.807) is 39.2 Å². The maximum atomic E-state index is 12.8. The van der Waals surface area contributed by atoms with Crippen LogP contribution >= 0.6 is 23.1 Å². The Labute approximate surface area is 210 Å². The molecular formula is C23H26N4O6S2. The Balaban J connectivity index is 1.80. The quantitative estimate of drug-likeness (QED) is 0.222. The molecule has 0 radical (unpaired) electrons. The molecular weight excluding hydrogens is 492 g/mol. The molecule has 186 valence electrons. The Morgan fingerprint density at radius 3 is 2.54 bits per heavy atom. The molecule has 35 heavy (non-hydrogen) atoms. The normalized spacial score (nSPS) is 10.7. The second kappa shape index (κ2) is 11.8. The van der Waals surface area contributed by atoms with Crippen molar-refractivity contribution in [1.82, 2.24) is 14.8 Å². The smallest absolute Gasteiger partial charge is 0.348 e. The number of nitrogens with one attached hydrogen (secondary N) is 1. The Kier molecular flexibility index (Phi) is 8.88. The van der Waals surface area contributed by atoms with Crippen LogP contribution in [-0.4, -0.2) is 51.6 Å². The summed E-state index contributed by atoms with van der Waals surface area (Å²) in [6, 6.07) is 1.80. The van der Waals surface area contributed by atoms with Gasteiger partial charge in [-0.25, -0.2) is 9.59 Å². The number of thiophene rings is 1. The molecule has 3 heterocycles. The SMILES string of the molecule is C=CCn1c(SCC(=O)Nc2sc(C(=O)OCC)c(C)c2C(=O)OCC)nnc1-c1ccoc1C. The minimum atomic E-state index is -0.620. The van der Waals surface area contributed by atoms with E-state index < -0.39 is 11.9 Å². The molecule has 0 unspecified atom stereocenters. The van der Waals surface area contributed by atoms with Crippen LogP contribution in [0.2, 0.25) is 0 Å². The molecule has 1 amide bonds. The second-order valence-corrected chi connectivity index (χ2v) is 9.10. The summed E-state index contributed by atoms with van der Waals surface area (Å²) in [5, 5.41) is 12.0. The Bertz CT molecular complexity index is 1240. The molecule has 0 saturated carbocycles. The third kappa shape index (κ3) is 5.82. The maximum Gasteiger partial charge on any atom is 0.348 e. The first-order valence-corrected chi connectivity index (χ1v) is 12.6. The Hall–Kier alpha value is -3.38. The van der Waals surface area contributed by atoms with Gasteiger partial charge in [0.25, 0.3) is 0 Å². The molecule has 1 N–H and O–H groups in total. The summed E-state index contributed by atoms with van der Waals surface area (Å²) in [7, 11) is 0. The number of esters is 2. The predicted octanol–water partition coefficient (Wildman–Crippen LogP) is 4.49. The number of thioether (sulfide) groups is 1. The van der Waals surface area contributed by atoms with E-state index in [0.29, 0.717) is 28.8 Å². The number of hydrogen-bond donors (Lipinski definition) is 1. The molecule has 0 saturated heterocycles. The number of amides is 1. The molecule has 0 atom stereocenters. The van der Waals surface area contributed by atoms with Crippen LogP contribution in [0.25, 0.3) is 11.4 Å². The number of allylic oxidation sites excluding steroid dienone is 1. The summed E-state index contributed by atoms with van der Waals surface area (Å²) in [6.45, 7) is 11.4. The second-order valence-electron chi connectivity index (χ2n) is 7.13. The standard InChI is InChI=1S/C23H26N4O6S2/c1-6-10-27-19(15-9-11-33-14(15)5)25-26-23(27)34-12-16(28)24-20-17(21(29)31-7-2)13(4)18(35-20)22(30)32-8-3/h6,9,11H,1,7-8,10,12H2,2-5H3,(H,24,28). The summed E-state index contributed by atoms with van der Waals surface area (Å²) < 4.78 is 17.4. The summed E-state index contributed by atoms with van der Waals surface area (Å²) in [4.78, 5) is 37.9. The van der Waals surface area contributed by atoms with Gasteiger partial charge in [0.2, 0.25) is 5.91 Å². The van der Waals surface area contributed by atoms with Gasteiger partial charge >= 0.3 is 11.9 Å². The number of carbonyl (C=O) groups is 3. The maximum absolute atomic E-state index is 12.8. The molecule has 3 aromatic heterocycles. The van der Waals surface area contributed by atoms with Crippen LogP contribution in [0, 0.1) is 13.8 Å². The van der Waals surface area contributed by atoms with Gasteiger partial charge in [-0.15, -0.1) is 28.1 Å². The van der Waals surface area contributed by atoms with Gasteiger partial charge in [0.1, 0.15) is 15.6 Å².